The summed E-state index contributed by atoms with van der Waals surface area (Å²) in [6, 6.07) is 0. The maximum absolute atomic E-state index is 11.9. The highest BCUT2D eigenvalue weighted by Crippen LogP contribution is 2.43. The molecule has 2 amide bonds. The molecule has 2 N–H and O–H groups in total. The van der Waals surface area contributed by atoms with Crippen molar-refractivity contribution < 1.29 is 9.59 Å². The number of nitrogens with one attached hydrogen (secondary N) is 2. The first-order valence-corrected chi connectivity index (χ1v) is 13.9. The van der Waals surface area contributed by atoms with Gasteiger partial charge in [-0.05, 0) is 66.2 Å². The first-order valence-electron chi connectivity index (χ1n) is 10.4. The van der Waals surface area contributed by atoms with E-state index in [1.807, 2.05) is 41.5 Å². The number of carbonyl (C=O) groups excluding carboxylic acids is 2. The van der Waals surface area contributed by atoms with Crippen LogP contribution in [-0.4, -0.2) is 31.0 Å². The molecule has 0 aromatic rings. The van der Waals surface area contributed by atoms with Crippen molar-refractivity contribution in [1.82, 2.24) is 10.6 Å². The van der Waals surface area contributed by atoms with Crippen LogP contribution in [0.5, 0.6) is 0 Å². The third-order valence-electron chi connectivity index (χ3n) is 4.34. The van der Waals surface area contributed by atoms with E-state index in [1.165, 1.54) is 6.42 Å². The molecule has 2 aliphatic carbocycles. The summed E-state index contributed by atoms with van der Waals surface area (Å²) < 4.78 is 0. The fraction of sp³-hybridized carbons (Fsp3) is 0.739. The van der Waals surface area contributed by atoms with Gasteiger partial charge < -0.3 is 10.6 Å². The number of amides is 2. The van der Waals surface area contributed by atoms with Gasteiger partial charge in [0.15, 0.2) is 0 Å². The number of carbonyl (C=O) groups is 2. The van der Waals surface area contributed by atoms with Crippen LogP contribution in [0.4, 0.5) is 0 Å². The second-order valence-corrected chi connectivity index (χ2v) is 15.9. The Morgan fingerprint density at radius 2 is 1.54 bits per heavy atom. The molecule has 28 heavy (non-hydrogen) atoms. The van der Waals surface area contributed by atoms with E-state index in [4.69, 9.17) is 0 Å². The smallest absolute Gasteiger partial charge is 0.232 e. The second-order valence-electron chi connectivity index (χ2n) is 11.2. The van der Waals surface area contributed by atoms with Gasteiger partial charge in [0.05, 0.1) is 6.42 Å². The van der Waals surface area contributed by atoms with Gasteiger partial charge in [0.2, 0.25) is 11.8 Å². The molecular weight excluding hydrogens is 364 g/mol. The Kier molecular flexibility index (Phi) is 8.14. The summed E-state index contributed by atoms with van der Waals surface area (Å²) in [4.78, 5) is 23.3. The number of hydrogen-bond acceptors (Lipinski definition) is 2. The lowest BCUT2D eigenvalue weighted by atomic mass is 9.92. The molecule has 158 valence electrons. The number of hydrogen-bond donors (Lipinski definition) is 2. The van der Waals surface area contributed by atoms with Gasteiger partial charge in [-0.1, -0.05) is 31.8 Å². The van der Waals surface area contributed by atoms with Gasteiger partial charge in [0.25, 0.3) is 0 Å². The molecule has 1 saturated carbocycles. The van der Waals surface area contributed by atoms with Crippen LogP contribution in [0.15, 0.2) is 12.2 Å². The Bertz CT molecular complexity index is 651. The Balaban J connectivity index is 0.000000280. The van der Waals surface area contributed by atoms with Crippen molar-refractivity contribution in [2.24, 2.45) is 17.8 Å². The molecule has 2 aliphatic rings. The summed E-state index contributed by atoms with van der Waals surface area (Å²) in [5.74, 6) is 4.64. The van der Waals surface area contributed by atoms with Crippen LogP contribution < -0.4 is 10.6 Å². The van der Waals surface area contributed by atoms with E-state index >= 15 is 0 Å². The zero-order chi connectivity index (χ0) is 21.8. The highest BCUT2D eigenvalue weighted by atomic mass is 28.3. The Hall–Kier alpha value is -1.54. The maximum atomic E-state index is 11.9. The molecular formula is C23H40N2O2Si. The maximum Gasteiger partial charge on any atom is 0.232 e. The van der Waals surface area contributed by atoms with Crippen molar-refractivity contribution in [3.8, 4) is 11.5 Å². The van der Waals surface area contributed by atoms with Crippen LogP contribution in [0, 0.1) is 29.2 Å². The van der Waals surface area contributed by atoms with Crippen LogP contribution in [0.2, 0.25) is 19.6 Å². The van der Waals surface area contributed by atoms with E-state index in [0.29, 0.717) is 18.3 Å². The van der Waals surface area contributed by atoms with E-state index in [9.17, 15) is 9.59 Å². The summed E-state index contributed by atoms with van der Waals surface area (Å²) in [6.07, 6.45) is 7.07. The van der Waals surface area contributed by atoms with E-state index in [-0.39, 0.29) is 28.8 Å². The molecule has 1 fully saturated rings. The molecule has 2 rings (SSSR count). The van der Waals surface area contributed by atoms with Crippen LogP contribution in [0.3, 0.4) is 0 Å². The van der Waals surface area contributed by atoms with Gasteiger partial charge in [-0.15, -0.1) is 11.5 Å². The monoisotopic (exact) mass is 404 g/mol. The molecule has 0 aromatic heterocycles. The van der Waals surface area contributed by atoms with Gasteiger partial charge in [-0.25, -0.2) is 0 Å². The minimum atomic E-state index is -1.32. The molecule has 4 nitrogen and oxygen atoms in total. The number of allylic oxidation sites excluding steroid dienone is 2. The highest BCUT2D eigenvalue weighted by Gasteiger charge is 2.40. The van der Waals surface area contributed by atoms with E-state index in [2.05, 4.69) is 53.9 Å². The van der Waals surface area contributed by atoms with Gasteiger partial charge in [0, 0.05) is 17.0 Å². The SMILES string of the molecule is CC(C)(C)NC(=O)C1CC2C=CC1C2.CC(C)(C)NC(=O)CC#C[Si](C)(C)C. The average molecular weight is 405 g/mol. The molecule has 0 aliphatic heterocycles. The summed E-state index contributed by atoms with van der Waals surface area (Å²) in [7, 11) is -1.32. The van der Waals surface area contributed by atoms with Crippen LogP contribution in [0.1, 0.15) is 60.8 Å². The lowest BCUT2D eigenvalue weighted by Gasteiger charge is -2.25. The largest absolute Gasteiger partial charge is 0.351 e. The first-order chi connectivity index (χ1) is 12.6. The normalized spacial score (nSPS) is 23.2. The zero-order valence-electron chi connectivity index (χ0n) is 19.3. The van der Waals surface area contributed by atoms with E-state index < -0.39 is 8.07 Å². The fourth-order valence-corrected chi connectivity index (χ4v) is 4.02. The van der Waals surface area contributed by atoms with Crippen LogP contribution >= 0.6 is 0 Å². The third-order valence-corrected chi connectivity index (χ3v) is 5.27. The molecule has 2 bridgehead atoms. The molecule has 3 atom stereocenters. The molecule has 0 aromatic carbocycles. The van der Waals surface area contributed by atoms with E-state index in [0.717, 1.165) is 6.42 Å². The molecule has 0 radical (unpaired) electrons. The van der Waals surface area contributed by atoms with Crippen molar-refractivity contribution in [2.75, 3.05) is 0 Å². The Labute approximate surface area is 173 Å². The third kappa shape index (κ3) is 10.1. The van der Waals surface area contributed by atoms with Crippen molar-refractivity contribution >= 4 is 19.9 Å². The molecule has 0 spiro atoms. The molecule has 5 heteroatoms. The zero-order valence-corrected chi connectivity index (χ0v) is 20.3. The van der Waals surface area contributed by atoms with Crippen molar-refractivity contribution in [2.45, 2.75) is 91.5 Å². The van der Waals surface area contributed by atoms with Crippen LogP contribution in [0.25, 0.3) is 0 Å². The van der Waals surface area contributed by atoms with Gasteiger partial charge in [-0.3, -0.25) is 9.59 Å². The van der Waals surface area contributed by atoms with Crippen molar-refractivity contribution in [3.05, 3.63) is 12.2 Å². The van der Waals surface area contributed by atoms with Crippen molar-refractivity contribution in [1.29, 1.82) is 0 Å². The predicted molar refractivity (Wildman–Crippen MR) is 120 cm³/mol. The molecule has 0 heterocycles. The summed E-state index contributed by atoms with van der Waals surface area (Å²) >= 11 is 0. The average Bonchev–Trinajstić information content (AvgIpc) is 3.05. The summed E-state index contributed by atoms with van der Waals surface area (Å²) in [6.45, 7) is 18.5. The summed E-state index contributed by atoms with van der Waals surface area (Å²) in [5.41, 5.74) is 2.92. The lowest BCUT2D eigenvalue weighted by Crippen LogP contribution is -2.44. The first kappa shape index (κ1) is 24.5. The topological polar surface area (TPSA) is 58.2 Å². The van der Waals surface area contributed by atoms with E-state index in [1.54, 1.807) is 0 Å². The molecule has 0 saturated heterocycles. The molecule has 3 unspecified atom stereocenters. The Morgan fingerprint density at radius 1 is 0.964 bits per heavy atom. The number of rotatable bonds is 2. The second kappa shape index (κ2) is 9.30. The summed E-state index contributed by atoms with van der Waals surface area (Å²) in [5, 5.41) is 5.95. The minimum absolute atomic E-state index is 0.0169. The van der Waals surface area contributed by atoms with Gasteiger partial charge >= 0.3 is 0 Å². The highest BCUT2D eigenvalue weighted by molar-refractivity contribution is 6.83. The Morgan fingerprint density at radius 3 is 1.93 bits per heavy atom. The lowest BCUT2D eigenvalue weighted by molar-refractivity contribution is -0.127. The van der Waals surface area contributed by atoms with Crippen molar-refractivity contribution in [3.63, 3.8) is 0 Å². The minimum Gasteiger partial charge on any atom is -0.351 e. The van der Waals surface area contributed by atoms with Gasteiger partial charge in [0.1, 0.15) is 8.07 Å². The quantitative estimate of drug-likeness (QED) is 0.410. The standard InChI is InChI=1S/C12H19NO.C11H21NOSi/c1-12(2,3)13-11(14)10-7-8-4-5-9(10)6-8;1-11(2,3)12-10(13)8-7-9-14(4,5)6/h4-5,8-10H,6-7H2,1-3H3,(H,13,14);8H2,1-6H3,(H,12,13). The fourth-order valence-electron chi connectivity index (χ4n) is 3.40. The number of fused-ring (bicyclic) bond motifs is 2. The predicted octanol–water partition coefficient (Wildman–Crippen LogP) is 4.29. The van der Waals surface area contributed by atoms with Gasteiger partial charge in [-0.2, -0.15) is 0 Å². The van der Waals surface area contributed by atoms with Crippen LogP contribution in [-0.2, 0) is 9.59 Å².